The minimum atomic E-state index is -1.56. The molecule has 1 aliphatic rings. The highest BCUT2D eigenvalue weighted by Gasteiger charge is 2.47. The molecule has 0 radical (unpaired) electrons. The van der Waals surface area contributed by atoms with Crippen molar-refractivity contribution in [1.82, 2.24) is 5.32 Å². The van der Waals surface area contributed by atoms with E-state index < -0.39 is 16.6 Å². The third-order valence-corrected chi connectivity index (χ3v) is 5.61. The number of rotatable bonds is 4. The van der Waals surface area contributed by atoms with E-state index in [-0.39, 0.29) is 10.9 Å². The lowest BCUT2D eigenvalue weighted by molar-refractivity contribution is -0.130. The second-order valence-electron chi connectivity index (χ2n) is 4.60. The van der Waals surface area contributed by atoms with Gasteiger partial charge in [-0.15, -0.1) is 11.8 Å². The summed E-state index contributed by atoms with van der Waals surface area (Å²) in [5.74, 6) is -0.0965. The summed E-state index contributed by atoms with van der Waals surface area (Å²) in [5.41, 5.74) is 0.633. The van der Waals surface area contributed by atoms with E-state index in [1.165, 1.54) is 43.3 Å². The number of benzene rings is 1. The van der Waals surface area contributed by atoms with Crippen LogP contribution in [0.25, 0.3) is 6.08 Å². The third-order valence-electron chi connectivity index (χ3n) is 2.92. The van der Waals surface area contributed by atoms with E-state index in [9.17, 15) is 18.8 Å². The highest BCUT2D eigenvalue weighted by molar-refractivity contribution is 8.19. The summed E-state index contributed by atoms with van der Waals surface area (Å²) in [5, 5.41) is 2.12. The maximum atomic E-state index is 12.8. The van der Waals surface area contributed by atoms with Gasteiger partial charge < -0.3 is 5.32 Å². The molecule has 1 aromatic rings. The monoisotopic (exact) mass is 339 g/mol. The molecule has 4 nitrogen and oxygen atoms in total. The fourth-order valence-corrected chi connectivity index (χ4v) is 4.33. The fraction of sp³-hybridized carbons (Fsp3) is 0.267. The van der Waals surface area contributed by atoms with Crippen LogP contribution in [0.3, 0.4) is 0 Å². The maximum absolute atomic E-state index is 12.8. The number of hydrogen-bond acceptors (Lipinski definition) is 5. The molecule has 116 valence electrons. The van der Waals surface area contributed by atoms with E-state index in [0.29, 0.717) is 17.1 Å². The summed E-state index contributed by atoms with van der Waals surface area (Å²) in [7, 11) is 0. The van der Waals surface area contributed by atoms with Gasteiger partial charge in [0.25, 0.3) is 0 Å². The Kier molecular flexibility index (Phi) is 5.42. The molecule has 0 saturated carbocycles. The van der Waals surface area contributed by atoms with Crippen molar-refractivity contribution < 1.29 is 18.8 Å². The molecule has 0 aromatic heterocycles. The Labute approximate surface area is 135 Å². The smallest absolute Gasteiger partial charge is 0.233 e. The van der Waals surface area contributed by atoms with Crippen LogP contribution in [0.4, 0.5) is 4.39 Å². The lowest BCUT2D eigenvalue weighted by Gasteiger charge is -2.32. The van der Waals surface area contributed by atoms with Crippen molar-refractivity contribution in [2.75, 3.05) is 11.5 Å². The van der Waals surface area contributed by atoms with Gasteiger partial charge in [-0.25, -0.2) is 4.39 Å². The number of carbonyl (C=O) groups is 3. The first-order valence-electron chi connectivity index (χ1n) is 6.52. The average Bonchev–Trinajstić information content (AvgIpc) is 2.48. The first-order chi connectivity index (χ1) is 10.4. The topological polar surface area (TPSA) is 63.2 Å². The van der Waals surface area contributed by atoms with Crippen molar-refractivity contribution in [2.45, 2.75) is 11.8 Å². The summed E-state index contributed by atoms with van der Waals surface area (Å²) in [6, 6.07) is 5.61. The summed E-state index contributed by atoms with van der Waals surface area (Å²) in [6.45, 7) is 1.27. The molecule has 1 aromatic carbocycles. The highest BCUT2D eigenvalue weighted by atomic mass is 32.2. The predicted molar refractivity (Wildman–Crippen MR) is 86.9 cm³/mol. The molecule has 7 heteroatoms. The molecule has 1 N–H and O–H groups in total. The van der Waals surface area contributed by atoms with E-state index in [4.69, 9.17) is 0 Å². The average molecular weight is 339 g/mol. The molecular formula is C15H14FNO3S2. The zero-order valence-corrected chi connectivity index (χ0v) is 13.4. The molecular weight excluding hydrogens is 325 g/mol. The lowest BCUT2D eigenvalue weighted by atomic mass is 10.1. The predicted octanol–water partition coefficient (Wildman–Crippen LogP) is 2.25. The molecule has 0 aliphatic carbocycles. The molecule has 1 aliphatic heterocycles. The van der Waals surface area contributed by atoms with Crippen LogP contribution in [0.2, 0.25) is 0 Å². The molecule has 22 heavy (non-hydrogen) atoms. The number of thioether (sulfide) groups is 2. The van der Waals surface area contributed by atoms with Gasteiger partial charge >= 0.3 is 0 Å². The van der Waals surface area contributed by atoms with Crippen molar-refractivity contribution in [3.8, 4) is 0 Å². The van der Waals surface area contributed by atoms with Gasteiger partial charge in [0.05, 0.1) is 0 Å². The Morgan fingerprint density at radius 3 is 2.55 bits per heavy atom. The van der Waals surface area contributed by atoms with Gasteiger partial charge in [0.2, 0.25) is 15.9 Å². The second kappa shape index (κ2) is 7.11. The van der Waals surface area contributed by atoms with E-state index in [1.807, 2.05) is 0 Å². The minimum absolute atomic E-state index is 0.368. The zero-order chi connectivity index (χ0) is 16.2. The molecule has 1 unspecified atom stereocenters. The van der Waals surface area contributed by atoms with Crippen LogP contribution in [0.15, 0.2) is 30.3 Å². The van der Waals surface area contributed by atoms with Gasteiger partial charge in [-0.05, 0) is 23.8 Å². The standard InChI is InChI=1S/C15H14FNO3S2/c1-10(18)17-15(14(20)21-8-9-22-15)13(19)7-4-11-2-5-12(16)6-3-11/h2-7H,8-9H2,1H3,(H,17,18)/b7-4+. The van der Waals surface area contributed by atoms with Gasteiger partial charge in [-0.2, -0.15) is 0 Å². The van der Waals surface area contributed by atoms with Gasteiger partial charge in [0, 0.05) is 18.4 Å². The first kappa shape index (κ1) is 16.8. The molecule has 1 saturated heterocycles. The number of ketones is 1. The normalized spacial score (nSPS) is 21.8. The number of halogens is 1. The zero-order valence-electron chi connectivity index (χ0n) is 11.8. The van der Waals surface area contributed by atoms with Crippen LogP contribution >= 0.6 is 23.5 Å². The quantitative estimate of drug-likeness (QED) is 0.673. The van der Waals surface area contributed by atoms with Crippen molar-refractivity contribution in [3.05, 3.63) is 41.7 Å². The Morgan fingerprint density at radius 1 is 1.27 bits per heavy atom. The largest absolute Gasteiger partial charge is 0.328 e. The van der Waals surface area contributed by atoms with E-state index >= 15 is 0 Å². The van der Waals surface area contributed by atoms with Gasteiger partial charge in [0.1, 0.15) is 5.82 Å². The van der Waals surface area contributed by atoms with Crippen LogP contribution < -0.4 is 5.32 Å². The Balaban J connectivity index is 2.23. The minimum Gasteiger partial charge on any atom is -0.328 e. The summed E-state index contributed by atoms with van der Waals surface area (Å²) < 4.78 is 12.8. The Bertz CT molecular complexity index is 630. The van der Waals surface area contributed by atoms with Crippen molar-refractivity contribution in [1.29, 1.82) is 0 Å². The van der Waals surface area contributed by atoms with E-state index in [2.05, 4.69) is 5.32 Å². The Morgan fingerprint density at radius 2 is 1.95 bits per heavy atom. The molecule has 1 atom stereocenters. The van der Waals surface area contributed by atoms with Crippen molar-refractivity contribution in [3.63, 3.8) is 0 Å². The maximum Gasteiger partial charge on any atom is 0.233 e. The summed E-state index contributed by atoms with van der Waals surface area (Å²) in [6.07, 6.45) is 2.75. The molecule has 2 rings (SSSR count). The van der Waals surface area contributed by atoms with Gasteiger partial charge in [-0.1, -0.05) is 30.0 Å². The van der Waals surface area contributed by atoms with Crippen LogP contribution in [0.1, 0.15) is 12.5 Å². The number of nitrogens with one attached hydrogen (secondary N) is 1. The molecule has 0 bridgehead atoms. The van der Waals surface area contributed by atoms with Gasteiger partial charge in [0.15, 0.2) is 5.78 Å². The SMILES string of the molecule is CC(=O)NC1(C(=O)/C=C/c2ccc(F)cc2)SCCSC1=O. The molecule has 0 spiro atoms. The van der Waals surface area contributed by atoms with Crippen LogP contribution in [0.5, 0.6) is 0 Å². The Hall–Kier alpha value is -1.60. The van der Waals surface area contributed by atoms with Gasteiger partial charge in [-0.3, -0.25) is 14.4 Å². The van der Waals surface area contributed by atoms with Crippen LogP contribution in [0, 0.1) is 5.82 Å². The molecule has 1 heterocycles. The summed E-state index contributed by atoms with van der Waals surface area (Å²) >= 11 is 2.17. The fourth-order valence-electron chi connectivity index (χ4n) is 1.92. The highest BCUT2D eigenvalue weighted by Crippen LogP contribution is 2.35. The summed E-state index contributed by atoms with van der Waals surface area (Å²) in [4.78, 5) is 34.5. The van der Waals surface area contributed by atoms with E-state index in [1.54, 1.807) is 0 Å². The molecule has 1 amide bonds. The van der Waals surface area contributed by atoms with Crippen LogP contribution in [-0.2, 0) is 14.4 Å². The number of carbonyl (C=O) groups excluding carboxylic acids is 3. The van der Waals surface area contributed by atoms with Crippen molar-refractivity contribution in [2.24, 2.45) is 0 Å². The first-order valence-corrected chi connectivity index (χ1v) is 8.49. The number of hydrogen-bond donors (Lipinski definition) is 1. The third kappa shape index (κ3) is 3.78. The second-order valence-corrected chi connectivity index (χ2v) is 6.97. The van der Waals surface area contributed by atoms with Crippen LogP contribution in [-0.4, -0.2) is 33.2 Å². The van der Waals surface area contributed by atoms with E-state index in [0.717, 1.165) is 23.5 Å². The lowest BCUT2D eigenvalue weighted by Crippen LogP contribution is -2.57. The number of amides is 1. The van der Waals surface area contributed by atoms with Crippen molar-refractivity contribution >= 4 is 46.4 Å². The molecule has 1 fully saturated rings.